The maximum Gasteiger partial charge on any atom is 0.245 e. The van der Waals surface area contributed by atoms with Crippen LogP contribution in [0.15, 0.2) is 30.3 Å². The lowest BCUT2D eigenvalue weighted by Gasteiger charge is -2.16. The number of primary amides is 1. The first-order chi connectivity index (χ1) is 9.49. The molecule has 0 spiro atoms. The van der Waals surface area contributed by atoms with Crippen LogP contribution in [-0.2, 0) is 11.2 Å². The monoisotopic (exact) mass is 292 g/mol. The summed E-state index contributed by atoms with van der Waals surface area (Å²) in [6.07, 6.45) is 0.912. The lowest BCUT2D eigenvalue weighted by molar-refractivity contribution is -0.118. The fourth-order valence-corrected chi connectivity index (χ4v) is 3.02. The summed E-state index contributed by atoms with van der Waals surface area (Å²) < 4.78 is 13.4. The van der Waals surface area contributed by atoms with E-state index in [-0.39, 0.29) is 5.82 Å². The van der Waals surface area contributed by atoms with E-state index in [2.05, 4.69) is 12.2 Å². The van der Waals surface area contributed by atoms with Crippen LogP contribution in [0.2, 0.25) is 0 Å². The van der Waals surface area contributed by atoms with Crippen LogP contribution in [0.25, 0.3) is 0 Å². The van der Waals surface area contributed by atoms with Crippen LogP contribution in [0, 0.1) is 12.7 Å². The van der Waals surface area contributed by atoms with Gasteiger partial charge in [0.25, 0.3) is 0 Å². The first-order valence-corrected chi connectivity index (χ1v) is 7.23. The molecule has 0 aliphatic heterocycles. The van der Waals surface area contributed by atoms with Gasteiger partial charge in [-0.15, -0.1) is 11.3 Å². The third-order valence-corrected chi connectivity index (χ3v) is 4.25. The standard InChI is InChI=1S/C15H17FN2OS/c1-3-12-4-5-13(20-12)14(15(17)19)18-11-7-9(2)6-10(16)8-11/h4-8,14,18H,3H2,1-2H3,(H2,17,19). The van der Waals surface area contributed by atoms with Gasteiger partial charge in [0.1, 0.15) is 11.9 Å². The van der Waals surface area contributed by atoms with Crippen LogP contribution >= 0.6 is 11.3 Å². The molecule has 1 aromatic carbocycles. The summed E-state index contributed by atoms with van der Waals surface area (Å²) in [6, 6.07) is 7.81. The topological polar surface area (TPSA) is 55.1 Å². The molecular weight excluding hydrogens is 275 g/mol. The molecule has 1 unspecified atom stereocenters. The molecular formula is C15H17FN2OS. The second kappa shape index (κ2) is 6.05. The van der Waals surface area contributed by atoms with E-state index in [0.29, 0.717) is 5.69 Å². The normalized spacial score (nSPS) is 12.2. The van der Waals surface area contributed by atoms with Crippen molar-refractivity contribution in [3.63, 3.8) is 0 Å². The Kier molecular flexibility index (Phi) is 4.39. The van der Waals surface area contributed by atoms with E-state index in [1.165, 1.54) is 28.3 Å². The molecule has 3 nitrogen and oxygen atoms in total. The van der Waals surface area contributed by atoms with Crippen LogP contribution < -0.4 is 11.1 Å². The van der Waals surface area contributed by atoms with Gasteiger partial charge in [0, 0.05) is 15.4 Å². The molecule has 1 aromatic heterocycles. The summed E-state index contributed by atoms with van der Waals surface area (Å²) >= 11 is 1.54. The minimum absolute atomic E-state index is 0.337. The van der Waals surface area contributed by atoms with Crippen molar-refractivity contribution < 1.29 is 9.18 Å². The summed E-state index contributed by atoms with van der Waals surface area (Å²) in [5, 5.41) is 3.01. The van der Waals surface area contributed by atoms with E-state index in [9.17, 15) is 9.18 Å². The summed E-state index contributed by atoms with van der Waals surface area (Å²) in [4.78, 5) is 13.7. The quantitative estimate of drug-likeness (QED) is 0.887. The highest BCUT2D eigenvalue weighted by molar-refractivity contribution is 7.12. The first kappa shape index (κ1) is 14.5. The second-order valence-corrected chi connectivity index (χ2v) is 5.85. The van der Waals surface area contributed by atoms with Crippen LogP contribution in [-0.4, -0.2) is 5.91 Å². The highest BCUT2D eigenvalue weighted by Crippen LogP contribution is 2.27. The Labute approximate surface area is 121 Å². The van der Waals surface area contributed by atoms with Gasteiger partial charge < -0.3 is 11.1 Å². The zero-order chi connectivity index (χ0) is 14.7. The number of aryl methyl sites for hydroxylation is 2. The Bertz CT molecular complexity index is 604. The van der Waals surface area contributed by atoms with Crippen molar-refractivity contribution in [2.24, 2.45) is 5.73 Å². The molecule has 20 heavy (non-hydrogen) atoms. The molecule has 1 amide bonds. The molecule has 2 aromatic rings. The van der Waals surface area contributed by atoms with Crippen LogP contribution in [0.3, 0.4) is 0 Å². The third-order valence-electron chi connectivity index (χ3n) is 2.95. The van der Waals surface area contributed by atoms with Crippen LogP contribution in [0.1, 0.15) is 28.3 Å². The molecule has 0 bridgehead atoms. The largest absolute Gasteiger partial charge is 0.369 e. The van der Waals surface area contributed by atoms with Crippen molar-refractivity contribution in [1.29, 1.82) is 0 Å². The predicted octanol–water partition coefficient (Wildman–Crippen LogP) is 3.40. The Morgan fingerprint density at radius 3 is 2.70 bits per heavy atom. The minimum atomic E-state index is -0.638. The Balaban J connectivity index is 2.27. The zero-order valence-electron chi connectivity index (χ0n) is 11.4. The number of carbonyl (C=O) groups excluding carboxylic acids is 1. The number of carbonyl (C=O) groups is 1. The molecule has 1 heterocycles. The third kappa shape index (κ3) is 3.36. The highest BCUT2D eigenvalue weighted by atomic mass is 32.1. The highest BCUT2D eigenvalue weighted by Gasteiger charge is 2.19. The van der Waals surface area contributed by atoms with E-state index >= 15 is 0 Å². The molecule has 2 rings (SSSR count). The van der Waals surface area contributed by atoms with Crippen molar-refractivity contribution in [1.82, 2.24) is 0 Å². The number of halogens is 1. The van der Waals surface area contributed by atoms with E-state index in [4.69, 9.17) is 5.73 Å². The van der Waals surface area contributed by atoms with Gasteiger partial charge >= 0.3 is 0 Å². The lowest BCUT2D eigenvalue weighted by Crippen LogP contribution is -2.27. The van der Waals surface area contributed by atoms with Gasteiger partial charge in [-0.25, -0.2) is 4.39 Å². The molecule has 0 radical (unpaired) electrons. The summed E-state index contributed by atoms with van der Waals surface area (Å²) in [5.41, 5.74) is 6.80. The van der Waals surface area contributed by atoms with E-state index in [1.54, 1.807) is 13.0 Å². The molecule has 106 valence electrons. The van der Waals surface area contributed by atoms with Gasteiger partial charge in [-0.2, -0.15) is 0 Å². The van der Waals surface area contributed by atoms with Gasteiger partial charge in [0.2, 0.25) is 5.91 Å². The summed E-state index contributed by atoms with van der Waals surface area (Å²) in [7, 11) is 0. The first-order valence-electron chi connectivity index (χ1n) is 6.41. The fraction of sp³-hybridized carbons (Fsp3) is 0.267. The Morgan fingerprint density at radius 1 is 1.40 bits per heavy atom. The maximum absolute atomic E-state index is 13.4. The van der Waals surface area contributed by atoms with E-state index in [0.717, 1.165) is 16.9 Å². The number of rotatable bonds is 5. The molecule has 0 saturated carbocycles. The zero-order valence-corrected chi connectivity index (χ0v) is 12.3. The van der Waals surface area contributed by atoms with E-state index < -0.39 is 11.9 Å². The number of hydrogen-bond acceptors (Lipinski definition) is 3. The van der Waals surface area contributed by atoms with Gasteiger partial charge in [-0.3, -0.25) is 4.79 Å². The van der Waals surface area contributed by atoms with Crippen molar-refractivity contribution in [2.45, 2.75) is 26.3 Å². The minimum Gasteiger partial charge on any atom is -0.369 e. The van der Waals surface area contributed by atoms with Crippen molar-refractivity contribution >= 4 is 22.9 Å². The molecule has 0 aliphatic carbocycles. The molecule has 1 atom stereocenters. The number of nitrogens with one attached hydrogen (secondary N) is 1. The number of benzene rings is 1. The van der Waals surface area contributed by atoms with Gasteiger partial charge in [-0.1, -0.05) is 6.92 Å². The molecule has 0 saturated heterocycles. The number of thiophene rings is 1. The van der Waals surface area contributed by atoms with Crippen molar-refractivity contribution in [3.8, 4) is 0 Å². The number of anilines is 1. The van der Waals surface area contributed by atoms with Gasteiger partial charge in [0.15, 0.2) is 0 Å². The summed E-state index contributed by atoms with van der Waals surface area (Å²) in [5.74, 6) is -0.812. The molecule has 0 aliphatic rings. The number of nitrogens with two attached hydrogens (primary N) is 1. The lowest BCUT2D eigenvalue weighted by atomic mass is 10.1. The van der Waals surface area contributed by atoms with Crippen LogP contribution in [0.4, 0.5) is 10.1 Å². The van der Waals surface area contributed by atoms with Crippen LogP contribution in [0.5, 0.6) is 0 Å². The molecule has 0 fully saturated rings. The number of hydrogen-bond donors (Lipinski definition) is 2. The average molecular weight is 292 g/mol. The Morgan fingerprint density at radius 2 is 2.15 bits per heavy atom. The van der Waals surface area contributed by atoms with Gasteiger partial charge in [0.05, 0.1) is 0 Å². The summed E-state index contributed by atoms with van der Waals surface area (Å²) in [6.45, 7) is 3.85. The van der Waals surface area contributed by atoms with Crippen molar-refractivity contribution in [3.05, 3.63) is 51.5 Å². The van der Waals surface area contributed by atoms with E-state index in [1.807, 2.05) is 12.1 Å². The second-order valence-electron chi connectivity index (χ2n) is 4.65. The predicted molar refractivity (Wildman–Crippen MR) is 80.4 cm³/mol. The van der Waals surface area contributed by atoms with Gasteiger partial charge in [-0.05, 0) is 49.2 Å². The smallest absolute Gasteiger partial charge is 0.245 e. The molecule has 5 heteroatoms. The van der Waals surface area contributed by atoms with Crippen molar-refractivity contribution in [2.75, 3.05) is 5.32 Å². The maximum atomic E-state index is 13.4. The molecule has 3 N–H and O–H groups in total. The Hall–Kier alpha value is -1.88. The number of amides is 1. The fourth-order valence-electron chi connectivity index (χ4n) is 2.01. The SMILES string of the molecule is CCc1ccc(C(Nc2cc(C)cc(F)c2)C(N)=O)s1. The average Bonchev–Trinajstić information content (AvgIpc) is 2.82.